The maximum atomic E-state index is 13.8. The van der Waals surface area contributed by atoms with Crippen LogP contribution in [0.3, 0.4) is 0 Å². The number of ether oxygens (including phenoxy) is 2. The van der Waals surface area contributed by atoms with Crippen LogP contribution in [0.5, 0.6) is 5.75 Å². The number of rotatable bonds is 2. The predicted octanol–water partition coefficient (Wildman–Crippen LogP) is 4.94. The van der Waals surface area contributed by atoms with E-state index in [4.69, 9.17) is 20.0 Å². The van der Waals surface area contributed by atoms with Crippen molar-refractivity contribution in [2.24, 2.45) is 16.6 Å². The summed E-state index contributed by atoms with van der Waals surface area (Å²) in [7, 11) is 1.64. The Labute approximate surface area is 207 Å². The minimum Gasteiger partial charge on any atom is -0.489 e. The zero-order chi connectivity index (χ0) is 25.9. The van der Waals surface area contributed by atoms with Crippen molar-refractivity contribution in [2.45, 2.75) is 56.7 Å². The second kappa shape index (κ2) is 8.39. The molecule has 2 N–H and O–H groups in total. The van der Waals surface area contributed by atoms with Crippen molar-refractivity contribution in [1.82, 2.24) is 5.06 Å². The number of hydrogen-bond acceptors (Lipinski definition) is 7. The first-order valence-corrected chi connectivity index (χ1v) is 11.8. The molecular weight excluding hydrogens is 473 g/mol. The van der Waals surface area contributed by atoms with Gasteiger partial charge in [0.05, 0.1) is 28.4 Å². The van der Waals surface area contributed by atoms with Gasteiger partial charge in [-0.1, -0.05) is 6.07 Å². The number of nitriles is 1. The van der Waals surface area contributed by atoms with Crippen LogP contribution in [-0.4, -0.2) is 36.4 Å². The Morgan fingerprint density at radius 1 is 1.17 bits per heavy atom. The number of aliphatic imine (C=N–C) groups is 1. The molecule has 0 saturated carbocycles. The Morgan fingerprint density at radius 3 is 2.58 bits per heavy atom. The Morgan fingerprint density at radius 2 is 1.94 bits per heavy atom. The molecule has 3 unspecified atom stereocenters. The minimum atomic E-state index is -4.60. The normalized spacial score (nSPS) is 27.2. The van der Waals surface area contributed by atoms with Crippen molar-refractivity contribution in [1.29, 1.82) is 5.26 Å². The SMILES string of the molecule is CN1OC2(CC(C3CCOC(C)(C)C3)Oc3ccc(-c4cc(C#N)ccc4C(F)(F)F)cc32)N=C1N. The molecule has 0 aliphatic carbocycles. The van der Waals surface area contributed by atoms with Crippen LogP contribution in [0.25, 0.3) is 11.1 Å². The van der Waals surface area contributed by atoms with Crippen molar-refractivity contribution in [3.8, 4) is 22.9 Å². The first-order valence-electron chi connectivity index (χ1n) is 11.8. The second-order valence-corrected chi connectivity index (χ2v) is 10.1. The summed E-state index contributed by atoms with van der Waals surface area (Å²) >= 11 is 0. The van der Waals surface area contributed by atoms with Crippen LogP contribution >= 0.6 is 0 Å². The highest BCUT2D eigenvalue weighted by atomic mass is 19.4. The smallest absolute Gasteiger partial charge is 0.417 e. The fraction of sp³-hybridized carbons (Fsp3) is 0.462. The molecule has 0 amide bonds. The van der Waals surface area contributed by atoms with Gasteiger partial charge in [-0.05, 0) is 68.1 Å². The molecule has 2 aromatic rings. The summed E-state index contributed by atoms with van der Waals surface area (Å²) in [5.41, 5.74) is 4.52. The van der Waals surface area contributed by atoms with Crippen LogP contribution in [-0.2, 0) is 21.5 Å². The first-order chi connectivity index (χ1) is 16.9. The average Bonchev–Trinajstić information content (AvgIpc) is 3.10. The van der Waals surface area contributed by atoms with Gasteiger partial charge in [-0.3, -0.25) is 0 Å². The molecular formula is C26H27F3N4O3. The van der Waals surface area contributed by atoms with Crippen LogP contribution in [0, 0.1) is 17.2 Å². The molecule has 5 rings (SSSR count). The third-order valence-electron chi connectivity index (χ3n) is 7.09. The number of hydrogen-bond donors (Lipinski definition) is 1. The molecule has 3 aliphatic heterocycles. The number of alkyl halides is 3. The van der Waals surface area contributed by atoms with Gasteiger partial charge in [0, 0.05) is 26.0 Å². The lowest BCUT2D eigenvalue weighted by molar-refractivity contribution is -0.198. The van der Waals surface area contributed by atoms with E-state index < -0.39 is 17.5 Å². The predicted molar refractivity (Wildman–Crippen MR) is 126 cm³/mol. The van der Waals surface area contributed by atoms with E-state index in [1.54, 1.807) is 25.2 Å². The van der Waals surface area contributed by atoms with Crippen LogP contribution in [0.1, 0.15) is 49.8 Å². The number of fused-ring (bicyclic) bond motifs is 2. The first kappa shape index (κ1) is 24.4. The Hall–Kier alpha value is -3.29. The summed E-state index contributed by atoms with van der Waals surface area (Å²) in [6.45, 7) is 4.70. The minimum absolute atomic E-state index is 0.101. The fourth-order valence-electron chi connectivity index (χ4n) is 5.39. The van der Waals surface area contributed by atoms with Gasteiger partial charge in [-0.25, -0.2) is 14.9 Å². The van der Waals surface area contributed by atoms with Crippen molar-refractivity contribution in [3.05, 3.63) is 53.1 Å². The lowest BCUT2D eigenvalue weighted by Gasteiger charge is -2.44. The molecule has 36 heavy (non-hydrogen) atoms. The Bertz CT molecular complexity index is 1270. The van der Waals surface area contributed by atoms with Crippen LogP contribution in [0.2, 0.25) is 0 Å². The van der Waals surface area contributed by atoms with Crippen LogP contribution in [0.4, 0.5) is 13.2 Å². The zero-order valence-corrected chi connectivity index (χ0v) is 20.2. The van der Waals surface area contributed by atoms with Gasteiger partial charge < -0.3 is 15.2 Å². The van der Waals surface area contributed by atoms with E-state index in [0.717, 1.165) is 25.0 Å². The largest absolute Gasteiger partial charge is 0.489 e. The molecule has 7 nitrogen and oxygen atoms in total. The third kappa shape index (κ3) is 4.27. The average molecular weight is 501 g/mol. The van der Waals surface area contributed by atoms with Gasteiger partial charge in [-0.2, -0.15) is 18.4 Å². The quantitative estimate of drug-likeness (QED) is 0.628. The lowest BCUT2D eigenvalue weighted by Crippen LogP contribution is -2.46. The van der Waals surface area contributed by atoms with E-state index in [0.29, 0.717) is 24.3 Å². The number of benzene rings is 2. The molecule has 190 valence electrons. The number of nitrogens with two attached hydrogens (primary N) is 1. The zero-order valence-electron chi connectivity index (χ0n) is 20.2. The number of halogens is 3. The lowest BCUT2D eigenvalue weighted by atomic mass is 9.79. The molecule has 2 aromatic carbocycles. The van der Waals surface area contributed by atoms with Gasteiger partial charge in [0.1, 0.15) is 11.9 Å². The molecule has 1 fully saturated rings. The van der Waals surface area contributed by atoms with Crippen molar-refractivity contribution in [2.75, 3.05) is 13.7 Å². The molecule has 1 saturated heterocycles. The van der Waals surface area contributed by atoms with E-state index in [1.807, 2.05) is 19.9 Å². The summed E-state index contributed by atoms with van der Waals surface area (Å²) < 4.78 is 53.8. The molecule has 0 radical (unpaired) electrons. The summed E-state index contributed by atoms with van der Waals surface area (Å²) in [6.07, 6.45) is -2.91. The summed E-state index contributed by atoms with van der Waals surface area (Å²) in [5.74, 6) is 0.825. The monoisotopic (exact) mass is 500 g/mol. The summed E-state index contributed by atoms with van der Waals surface area (Å²) in [4.78, 5) is 10.8. The highest BCUT2D eigenvalue weighted by Gasteiger charge is 2.51. The molecule has 0 bridgehead atoms. The maximum Gasteiger partial charge on any atom is 0.417 e. The number of guanidine groups is 1. The molecule has 3 aliphatic rings. The molecule has 1 spiro atoms. The Kier molecular flexibility index (Phi) is 5.69. The summed E-state index contributed by atoms with van der Waals surface area (Å²) in [5, 5.41) is 10.7. The van der Waals surface area contributed by atoms with Gasteiger partial charge in [0.15, 0.2) is 0 Å². The van der Waals surface area contributed by atoms with Gasteiger partial charge >= 0.3 is 6.18 Å². The second-order valence-electron chi connectivity index (χ2n) is 10.1. The van der Waals surface area contributed by atoms with Crippen molar-refractivity contribution in [3.63, 3.8) is 0 Å². The highest BCUT2D eigenvalue weighted by molar-refractivity contribution is 5.79. The van der Waals surface area contributed by atoms with E-state index in [1.165, 1.54) is 11.1 Å². The molecule has 3 heterocycles. The number of hydroxylamine groups is 2. The van der Waals surface area contributed by atoms with E-state index in [-0.39, 0.29) is 40.3 Å². The highest BCUT2D eigenvalue weighted by Crippen LogP contribution is 2.50. The van der Waals surface area contributed by atoms with Gasteiger partial charge in [0.2, 0.25) is 11.7 Å². The molecule has 10 heteroatoms. The van der Waals surface area contributed by atoms with Crippen molar-refractivity contribution < 1.29 is 27.5 Å². The van der Waals surface area contributed by atoms with Crippen molar-refractivity contribution >= 4 is 5.96 Å². The van der Waals surface area contributed by atoms with E-state index >= 15 is 0 Å². The fourth-order valence-corrected chi connectivity index (χ4v) is 5.39. The van der Waals surface area contributed by atoms with E-state index in [2.05, 4.69) is 4.99 Å². The van der Waals surface area contributed by atoms with Crippen LogP contribution in [0.15, 0.2) is 41.4 Å². The summed E-state index contributed by atoms with van der Waals surface area (Å²) in [6, 6.07) is 10.1. The maximum absolute atomic E-state index is 13.8. The Balaban J connectivity index is 1.61. The third-order valence-corrected chi connectivity index (χ3v) is 7.09. The standard InChI is InChI=1S/C26H27F3N4O3/c1-24(2)12-17(8-9-34-24)22-13-25(32-23(31)33(3)36-25)20-11-16(5-7-21(20)35-22)18-10-15(14-30)4-6-19(18)26(27,28)29/h4-7,10-11,17,22H,8-9,12-13H2,1-3H3,(H2,31,32). The van der Waals surface area contributed by atoms with Crippen LogP contribution < -0.4 is 10.5 Å². The van der Waals surface area contributed by atoms with Gasteiger partial charge in [0.25, 0.3) is 0 Å². The molecule has 3 atom stereocenters. The van der Waals surface area contributed by atoms with E-state index in [9.17, 15) is 18.4 Å². The number of nitrogens with zero attached hydrogens (tertiary/aromatic N) is 3. The topological polar surface area (TPSA) is 93.1 Å². The van der Waals surface area contributed by atoms with Gasteiger partial charge in [-0.15, -0.1) is 0 Å². The molecule has 0 aromatic heterocycles.